The summed E-state index contributed by atoms with van der Waals surface area (Å²) in [4.78, 5) is 14.0. The average molecular weight is 269 g/mol. The van der Waals surface area contributed by atoms with Crippen LogP contribution in [0.3, 0.4) is 0 Å². The van der Waals surface area contributed by atoms with Crippen LogP contribution < -0.4 is 10.2 Å². The van der Waals surface area contributed by atoms with Gasteiger partial charge < -0.3 is 10.2 Å². The molecule has 2 rings (SSSR count). The molecule has 0 bridgehead atoms. The number of hydrogen-bond acceptors (Lipinski definition) is 3. The number of nitrogens with one attached hydrogen (secondary N) is 1. The number of hydrogen-bond donors (Lipinski definition) is 1. The lowest BCUT2D eigenvalue weighted by Gasteiger charge is -2.21. The van der Waals surface area contributed by atoms with Gasteiger partial charge in [-0.1, -0.05) is 18.2 Å². The van der Waals surface area contributed by atoms with Crippen molar-refractivity contribution in [3.05, 3.63) is 41.6 Å². The number of carbonyl (C=O) groups is 1. The lowest BCUT2D eigenvalue weighted by molar-refractivity contribution is -0.117. The number of nitriles is 1. The molecule has 4 nitrogen and oxygen atoms in total. The van der Waals surface area contributed by atoms with Gasteiger partial charge in [0.2, 0.25) is 0 Å². The van der Waals surface area contributed by atoms with E-state index in [0.717, 1.165) is 12.1 Å². The molecule has 0 saturated heterocycles. The standard InChI is InChI=1S/C16H19N3O/c1-11(2)18-16(20)14(9-17)10-19-12(3)8-13-6-4-5-7-15(13)19/h4-7,10-12H,8H2,1-3H3,(H,18,20)/b14-10-. The van der Waals surface area contributed by atoms with Crippen LogP contribution in [0.1, 0.15) is 26.3 Å². The number of nitrogens with zero attached hydrogens (tertiary/aromatic N) is 2. The smallest absolute Gasteiger partial charge is 0.263 e. The van der Waals surface area contributed by atoms with Gasteiger partial charge in [0, 0.05) is 24.0 Å². The lowest BCUT2D eigenvalue weighted by Crippen LogP contribution is -2.33. The summed E-state index contributed by atoms with van der Waals surface area (Å²) in [5.74, 6) is -0.320. The zero-order valence-corrected chi connectivity index (χ0v) is 12.1. The van der Waals surface area contributed by atoms with Crippen molar-refractivity contribution < 1.29 is 4.79 Å². The Kier molecular flexibility index (Phi) is 4.09. The van der Waals surface area contributed by atoms with Gasteiger partial charge in [-0.05, 0) is 38.8 Å². The Balaban J connectivity index is 2.29. The van der Waals surface area contributed by atoms with Crippen molar-refractivity contribution in [2.24, 2.45) is 0 Å². The van der Waals surface area contributed by atoms with Crippen LogP contribution in [-0.4, -0.2) is 18.0 Å². The van der Waals surface area contributed by atoms with Crippen LogP contribution in [0.2, 0.25) is 0 Å². The van der Waals surface area contributed by atoms with Gasteiger partial charge in [0.1, 0.15) is 11.6 Å². The first kappa shape index (κ1) is 14.1. The normalized spacial score (nSPS) is 17.9. The molecule has 104 valence electrons. The van der Waals surface area contributed by atoms with E-state index >= 15 is 0 Å². The van der Waals surface area contributed by atoms with Crippen LogP contribution in [0.15, 0.2) is 36.0 Å². The summed E-state index contributed by atoms with van der Waals surface area (Å²) in [7, 11) is 0. The third-order valence-electron chi connectivity index (χ3n) is 3.31. The first-order valence-corrected chi connectivity index (χ1v) is 6.82. The van der Waals surface area contributed by atoms with Crippen molar-refractivity contribution in [1.29, 1.82) is 5.26 Å². The highest BCUT2D eigenvalue weighted by molar-refractivity contribution is 5.97. The van der Waals surface area contributed by atoms with Crippen LogP contribution in [0.25, 0.3) is 0 Å². The van der Waals surface area contributed by atoms with Gasteiger partial charge in [-0.25, -0.2) is 0 Å². The summed E-state index contributed by atoms with van der Waals surface area (Å²) in [6.07, 6.45) is 2.59. The fourth-order valence-electron chi connectivity index (χ4n) is 2.40. The Morgan fingerprint density at radius 2 is 2.20 bits per heavy atom. The number of anilines is 1. The van der Waals surface area contributed by atoms with E-state index in [1.807, 2.05) is 43.0 Å². The predicted octanol–water partition coefficient (Wildman–Crippen LogP) is 2.37. The van der Waals surface area contributed by atoms with E-state index in [-0.39, 0.29) is 23.6 Å². The number of para-hydroxylation sites is 1. The van der Waals surface area contributed by atoms with Crippen molar-refractivity contribution in [1.82, 2.24) is 5.32 Å². The Morgan fingerprint density at radius 1 is 1.50 bits per heavy atom. The zero-order valence-electron chi connectivity index (χ0n) is 12.1. The zero-order chi connectivity index (χ0) is 14.7. The molecule has 1 aliphatic rings. The van der Waals surface area contributed by atoms with Gasteiger partial charge in [0.05, 0.1) is 0 Å². The van der Waals surface area contributed by atoms with Crippen LogP contribution in [0, 0.1) is 11.3 Å². The SMILES string of the molecule is CC(C)NC(=O)/C(C#N)=C\N1c2ccccc2CC1C. The molecule has 1 N–H and O–H groups in total. The number of benzene rings is 1. The van der Waals surface area contributed by atoms with E-state index in [2.05, 4.69) is 18.3 Å². The molecule has 0 fully saturated rings. The van der Waals surface area contributed by atoms with Gasteiger partial charge in [0.15, 0.2) is 0 Å². The first-order chi connectivity index (χ1) is 9.52. The minimum atomic E-state index is -0.320. The highest BCUT2D eigenvalue weighted by Gasteiger charge is 2.25. The van der Waals surface area contributed by atoms with Crippen LogP contribution in [-0.2, 0) is 11.2 Å². The second-order valence-electron chi connectivity index (χ2n) is 5.37. The molecule has 1 atom stereocenters. The van der Waals surface area contributed by atoms with E-state index in [9.17, 15) is 10.1 Å². The van der Waals surface area contributed by atoms with Gasteiger partial charge in [-0.15, -0.1) is 0 Å². The maximum atomic E-state index is 12.0. The number of carbonyl (C=O) groups excluding carboxylic acids is 1. The maximum Gasteiger partial charge on any atom is 0.263 e. The minimum absolute atomic E-state index is 0.0162. The summed E-state index contributed by atoms with van der Waals surface area (Å²) in [6, 6.07) is 10.3. The summed E-state index contributed by atoms with van der Waals surface area (Å²) >= 11 is 0. The number of fused-ring (bicyclic) bond motifs is 1. The molecular weight excluding hydrogens is 250 g/mol. The summed E-state index contributed by atoms with van der Waals surface area (Å²) in [5, 5.41) is 11.9. The highest BCUT2D eigenvalue weighted by Crippen LogP contribution is 2.32. The molecule has 0 aliphatic carbocycles. The largest absolute Gasteiger partial charge is 0.349 e. The minimum Gasteiger partial charge on any atom is -0.349 e. The van der Waals surface area contributed by atoms with Crippen molar-refractivity contribution >= 4 is 11.6 Å². The monoisotopic (exact) mass is 269 g/mol. The third kappa shape index (κ3) is 2.83. The van der Waals surface area contributed by atoms with Gasteiger partial charge in [-0.2, -0.15) is 5.26 Å². The Hall–Kier alpha value is -2.28. The summed E-state index contributed by atoms with van der Waals surface area (Å²) in [5.41, 5.74) is 2.46. The number of amides is 1. The quantitative estimate of drug-likeness (QED) is 0.677. The molecule has 1 aromatic rings. The molecule has 1 aromatic carbocycles. The molecular formula is C16H19N3O. The van der Waals surface area contributed by atoms with Crippen molar-refractivity contribution in [2.75, 3.05) is 4.90 Å². The molecule has 0 aromatic heterocycles. The predicted molar refractivity (Wildman–Crippen MR) is 79.1 cm³/mol. The maximum absolute atomic E-state index is 12.0. The lowest BCUT2D eigenvalue weighted by atomic mass is 10.1. The van der Waals surface area contributed by atoms with Crippen LogP contribution in [0.5, 0.6) is 0 Å². The molecule has 1 amide bonds. The fourth-order valence-corrected chi connectivity index (χ4v) is 2.40. The van der Waals surface area contributed by atoms with E-state index < -0.39 is 0 Å². The van der Waals surface area contributed by atoms with E-state index in [1.54, 1.807) is 6.20 Å². The van der Waals surface area contributed by atoms with Gasteiger partial charge in [-0.3, -0.25) is 4.79 Å². The highest BCUT2D eigenvalue weighted by atomic mass is 16.1. The van der Waals surface area contributed by atoms with E-state index in [1.165, 1.54) is 5.56 Å². The Bertz CT molecular complexity index is 584. The second kappa shape index (κ2) is 5.79. The first-order valence-electron chi connectivity index (χ1n) is 6.82. The molecule has 1 heterocycles. The fraction of sp³-hybridized carbons (Fsp3) is 0.375. The van der Waals surface area contributed by atoms with Gasteiger partial charge >= 0.3 is 0 Å². The molecule has 0 saturated carbocycles. The van der Waals surface area contributed by atoms with Crippen molar-refractivity contribution in [3.63, 3.8) is 0 Å². The Morgan fingerprint density at radius 3 is 2.85 bits per heavy atom. The summed E-state index contributed by atoms with van der Waals surface area (Å²) in [6.45, 7) is 5.84. The second-order valence-corrected chi connectivity index (χ2v) is 5.37. The molecule has 1 unspecified atom stereocenters. The topological polar surface area (TPSA) is 56.1 Å². The van der Waals surface area contributed by atoms with E-state index in [4.69, 9.17) is 0 Å². The number of rotatable bonds is 3. The van der Waals surface area contributed by atoms with E-state index in [0.29, 0.717) is 0 Å². The average Bonchev–Trinajstić information content (AvgIpc) is 2.70. The Labute approximate surface area is 119 Å². The molecule has 1 aliphatic heterocycles. The van der Waals surface area contributed by atoms with Crippen molar-refractivity contribution in [2.45, 2.75) is 39.3 Å². The summed E-state index contributed by atoms with van der Waals surface area (Å²) < 4.78 is 0. The molecule has 20 heavy (non-hydrogen) atoms. The van der Waals surface area contributed by atoms with Crippen molar-refractivity contribution in [3.8, 4) is 6.07 Å². The molecule has 4 heteroatoms. The van der Waals surface area contributed by atoms with Crippen LogP contribution in [0.4, 0.5) is 5.69 Å². The molecule has 0 spiro atoms. The third-order valence-corrected chi connectivity index (χ3v) is 3.31. The molecule has 0 radical (unpaired) electrons. The van der Waals surface area contributed by atoms with Gasteiger partial charge in [0.25, 0.3) is 5.91 Å². The van der Waals surface area contributed by atoms with Crippen LogP contribution >= 0.6 is 0 Å².